The molecule has 2 aromatic carbocycles. The van der Waals surface area contributed by atoms with Gasteiger partial charge in [0, 0.05) is 23.3 Å². The molecular formula is C24H33N3O3. The summed E-state index contributed by atoms with van der Waals surface area (Å²) in [6.07, 6.45) is 0. The molecule has 1 amide bonds. The first-order chi connectivity index (χ1) is 14.1. The van der Waals surface area contributed by atoms with Crippen LogP contribution in [0.15, 0.2) is 42.5 Å². The predicted molar refractivity (Wildman–Crippen MR) is 122 cm³/mol. The van der Waals surface area contributed by atoms with Crippen molar-refractivity contribution < 1.29 is 14.3 Å². The van der Waals surface area contributed by atoms with Crippen molar-refractivity contribution >= 4 is 23.1 Å². The average molecular weight is 412 g/mol. The van der Waals surface area contributed by atoms with E-state index in [0.29, 0.717) is 22.6 Å². The Morgan fingerprint density at radius 3 is 2.07 bits per heavy atom. The Morgan fingerprint density at radius 1 is 0.967 bits per heavy atom. The van der Waals surface area contributed by atoms with Gasteiger partial charge in [-0.3, -0.25) is 9.59 Å². The van der Waals surface area contributed by atoms with E-state index < -0.39 is 0 Å². The fourth-order valence-corrected chi connectivity index (χ4v) is 3.53. The number of carbonyl (C=O) groups is 2. The number of carbonyl (C=O) groups excluding carboxylic acids is 2. The summed E-state index contributed by atoms with van der Waals surface area (Å²) in [6, 6.07) is 13.0. The van der Waals surface area contributed by atoms with E-state index in [1.165, 1.54) is 0 Å². The lowest BCUT2D eigenvalue weighted by Gasteiger charge is -2.30. The maximum atomic E-state index is 12.9. The first kappa shape index (κ1) is 23.4. The van der Waals surface area contributed by atoms with Gasteiger partial charge in [-0.1, -0.05) is 6.07 Å². The number of likely N-dealkylation sites (N-methyl/N-ethyl adjacent to an activating group) is 1. The van der Waals surface area contributed by atoms with Crippen LogP contribution in [0.5, 0.6) is 5.75 Å². The molecule has 0 bridgehead atoms. The minimum atomic E-state index is -0.0312. The highest BCUT2D eigenvalue weighted by atomic mass is 16.5. The molecular weight excluding hydrogens is 378 g/mol. The summed E-state index contributed by atoms with van der Waals surface area (Å²) < 4.78 is 5.42. The molecule has 2 rings (SSSR count). The highest BCUT2D eigenvalue weighted by Gasteiger charge is 2.22. The second kappa shape index (κ2) is 10.3. The summed E-state index contributed by atoms with van der Waals surface area (Å²) in [5.41, 5.74) is 2.61. The third kappa shape index (κ3) is 5.60. The van der Waals surface area contributed by atoms with Gasteiger partial charge >= 0.3 is 0 Å². The van der Waals surface area contributed by atoms with E-state index in [4.69, 9.17) is 4.74 Å². The van der Waals surface area contributed by atoms with Crippen LogP contribution < -0.4 is 10.1 Å². The number of hydrogen-bond donors (Lipinski definition) is 1. The molecule has 0 aromatic heterocycles. The van der Waals surface area contributed by atoms with E-state index in [2.05, 4.69) is 5.32 Å². The largest absolute Gasteiger partial charge is 0.496 e. The third-order valence-electron chi connectivity index (χ3n) is 4.74. The van der Waals surface area contributed by atoms with E-state index >= 15 is 0 Å². The molecule has 0 spiro atoms. The molecule has 0 saturated heterocycles. The number of methoxy groups -OCH3 is 1. The predicted octanol–water partition coefficient (Wildman–Crippen LogP) is 4.44. The fourth-order valence-electron chi connectivity index (χ4n) is 3.53. The number of hydrogen-bond acceptors (Lipinski definition) is 5. The first-order valence-electron chi connectivity index (χ1n) is 10.2. The van der Waals surface area contributed by atoms with Crippen LogP contribution in [0.25, 0.3) is 0 Å². The molecule has 0 atom stereocenters. The number of nitrogens with zero attached hydrogens (tertiary/aromatic N) is 2. The topological polar surface area (TPSA) is 61.9 Å². The molecule has 0 aliphatic heterocycles. The molecule has 162 valence electrons. The van der Waals surface area contributed by atoms with Gasteiger partial charge in [-0.15, -0.1) is 0 Å². The number of rotatable bonds is 9. The Kier molecular flexibility index (Phi) is 8.00. The minimum absolute atomic E-state index is 0.00906. The highest BCUT2D eigenvalue weighted by molar-refractivity contribution is 6.05. The molecule has 2 aromatic rings. The van der Waals surface area contributed by atoms with Gasteiger partial charge in [-0.05, 0) is 78.2 Å². The van der Waals surface area contributed by atoms with Crippen molar-refractivity contribution in [3.05, 3.63) is 53.6 Å². The van der Waals surface area contributed by atoms with Crippen LogP contribution >= 0.6 is 0 Å². The van der Waals surface area contributed by atoms with Crippen molar-refractivity contribution in [2.24, 2.45) is 0 Å². The zero-order valence-electron chi connectivity index (χ0n) is 19.0. The van der Waals surface area contributed by atoms with Gasteiger partial charge in [-0.2, -0.15) is 0 Å². The fraction of sp³-hybridized carbons (Fsp3) is 0.417. The van der Waals surface area contributed by atoms with Gasteiger partial charge in [0.1, 0.15) is 5.75 Å². The molecule has 0 heterocycles. The summed E-state index contributed by atoms with van der Waals surface area (Å²) in [5.74, 6) is 0.509. The molecule has 0 unspecified atom stereocenters. The normalized spacial score (nSPS) is 11.1. The SMILES string of the molecule is COc1cccc(Nc2ccc(C(=O)N(C(C)C)C(C)C)cc2)c1C(=O)CN(C)C. The Balaban J connectivity index is 2.29. The number of benzene rings is 2. The molecule has 30 heavy (non-hydrogen) atoms. The molecule has 0 aliphatic rings. The molecule has 6 nitrogen and oxygen atoms in total. The average Bonchev–Trinajstić information content (AvgIpc) is 2.67. The summed E-state index contributed by atoms with van der Waals surface area (Å²) >= 11 is 0. The van der Waals surface area contributed by atoms with Crippen molar-refractivity contribution in [2.75, 3.05) is 33.1 Å². The van der Waals surface area contributed by atoms with Crippen molar-refractivity contribution in [3.8, 4) is 5.75 Å². The van der Waals surface area contributed by atoms with Gasteiger partial charge in [0.2, 0.25) is 0 Å². The van der Waals surface area contributed by atoms with Crippen molar-refractivity contribution in [1.29, 1.82) is 0 Å². The number of nitrogens with one attached hydrogen (secondary N) is 1. The van der Waals surface area contributed by atoms with Crippen LogP contribution in [0.2, 0.25) is 0 Å². The minimum Gasteiger partial charge on any atom is -0.496 e. The van der Waals surface area contributed by atoms with Crippen LogP contribution in [0.4, 0.5) is 11.4 Å². The lowest BCUT2D eigenvalue weighted by molar-refractivity contribution is 0.0643. The summed E-state index contributed by atoms with van der Waals surface area (Å²) in [5, 5.41) is 3.30. The molecule has 0 aliphatic carbocycles. The van der Waals surface area contributed by atoms with E-state index in [0.717, 1.165) is 5.69 Å². The molecule has 0 radical (unpaired) electrons. The van der Waals surface area contributed by atoms with E-state index in [1.807, 2.05) is 88.0 Å². The van der Waals surface area contributed by atoms with E-state index in [-0.39, 0.29) is 30.3 Å². The smallest absolute Gasteiger partial charge is 0.254 e. The van der Waals surface area contributed by atoms with E-state index in [1.54, 1.807) is 13.2 Å². The lowest BCUT2D eigenvalue weighted by atomic mass is 10.1. The molecule has 0 fully saturated rings. The third-order valence-corrected chi connectivity index (χ3v) is 4.74. The monoisotopic (exact) mass is 411 g/mol. The number of amides is 1. The Bertz CT molecular complexity index is 866. The Morgan fingerprint density at radius 2 is 1.57 bits per heavy atom. The summed E-state index contributed by atoms with van der Waals surface area (Å²) in [6.45, 7) is 8.35. The second-order valence-corrected chi connectivity index (χ2v) is 8.15. The quantitative estimate of drug-likeness (QED) is 0.618. The van der Waals surface area contributed by atoms with Crippen LogP contribution in [0.1, 0.15) is 48.4 Å². The zero-order chi connectivity index (χ0) is 22.4. The van der Waals surface area contributed by atoms with Crippen molar-refractivity contribution in [2.45, 2.75) is 39.8 Å². The summed E-state index contributed by atoms with van der Waals surface area (Å²) in [7, 11) is 5.27. The van der Waals surface area contributed by atoms with Gasteiger partial charge in [0.15, 0.2) is 5.78 Å². The number of anilines is 2. The highest BCUT2D eigenvalue weighted by Crippen LogP contribution is 2.30. The molecule has 6 heteroatoms. The number of ketones is 1. The Hall–Kier alpha value is -2.86. The van der Waals surface area contributed by atoms with Crippen molar-refractivity contribution in [1.82, 2.24) is 9.80 Å². The number of ether oxygens (including phenoxy) is 1. The lowest BCUT2D eigenvalue weighted by Crippen LogP contribution is -2.42. The molecule has 0 saturated carbocycles. The maximum absolute atomic E-state index is 12.9. The molecule has 1 N–H and O–H groups in total. The van der Waals surface area contributed by atoms with E-state index in [9.17, 15) is 9.59 Å². The number of Topliss-reactive ketones (excluding diaryl/α,β-unsaturated/α-hetero) is 1. The van der Waals surface area contributed by atoms with Crippen LogP contribution in [-0.2, 0) is 0 Å². The van der Waals surface area contributed by atoms with Crippen molar-refractivity contribution in [3.63, 3.8) is 0 Å². The van der Waals surface area contributed by atoms with Crippen LogP contribution in [0.3, 0.4) is 0 Å². The second-order valence-electron chi connectivity index (χ2n) is 8.15. The first-order valence-corrected chi connectivity index (χ1v) is 10.2. The van der Waals surface area contributed by atoms with Gasteiger partial charge in [0.25, 0.3) is 5.91 Å². The maximum Gasteiger partial charge on any atom is 0.254 e. The van der Waals surface area contributed by atoms with Crippen LogP contribution in [-0.4, -0.2) is 61.3 Å². The van der Waals surface area contributed by atoms with Gasteiger partial charge < -0.3 is 19.9 Å². The zero-order valence-corrected chi connectivity index (χ0v) is 19.0. The standard InChI is InChI=1S/C24H33N3O3/c1-16(2)27(17(3)4)24(29)18-11-13-19(14-12-18)25-20-9-8-10-22(30-7)23(20)21(28)15-26(5)6/h8-14,16-17,25H,15H2,1-7H3. The Labute approximate surface area is 179 Å². The van der Waals surface area contributed by atoms with Gasteiger partial charge in [0.05, 0.1) is 24.9 Å². The van der Waals surface area contributed by atoms with Crippen LogP contribution in [0, 0.1) is 0 Å². The van der Waals surface area contributed by atoms with Gasteiger partial charge in [-0.25, -0.2) is 0 Å². The summed E-state index contributed by atoms with van der Waals surface area (Å²) in [4.78, 5) is 29.3.